The highest BCUT2D eigenvalue weighted by Gasteiger charge is 2.23. The zero-order chi connectivity index (χ0) is 15.4. The van der Waals surface area contributed by atoms with Gasteiger partial charge in [-0.1, -0.05) is 36.4 Å². The lowest BCUT2D eigenvalue weighted by Gasteiger charge is -2.17. The first-order valence-electron chi connectivity index (χ1n) is 6.82. The molecule has 3 aromatic rings. The van der Waals surface area contributed by atoms with Crippen LogP contribution in [0.15, 0.2) is 60.2 Å². The van der Waals surface area contributed by atoms with E-state index in [9.17, 15) is 4.79 Å². The van der Waals surface area contributed by atoms with Crippen molar-refractivity contribution in [3.05, 3.63) is 82.1 Å². The molecule has 0 aliphatic heterocycles. The van der Waals surface area contributed by atoms with Crippen molar-refractivity contribution in [2.45, 2.75) is 13.0 Å². The first kappa shape index (κ1) is 14.4. The minimum Gasteiger partial charge on any atom is -0.447 e. The first-order valence-corrected chi connectivity index (χ1v) is 7.70. The predicted molar refractivity (Wildman–Crippen MR) is 84.8 cm³/mol. The van der Waals surface area contributed by atoms with E-state index in [0.29, 0.717) is 16.3 Å². The number of carbonyl (C=O) groups excluding carboxylic acids is 1. The SMILES string of the molecule is Cc1ncsc1C(=O)OC(c1ccccc1)c1ccccn1. The largest absolute Gasteiger partial charge is 0.447 e. The number of hydrogen-bond donors (Lipinski definition) is 0. The van der Waals surface area contributed by atoms with E-state index in [1.54, 1.807) is 18.6 Å². The molecule has 110 valence electrons. The van der Waals surface area contributed by atoms with Gasteiger partial charge in [-0.2, -0.15) is 0 Å². The fourth-order valence-corrected chi connectivity index (χ4v) is 2.80. The third-order valence-electron chi connectivity index (χ3n) is 3.21. The fraction of sp³-hybridized carbons (Fsp3) is 0.118. The Kier molecular flexibility index (Phi) is 4.25. The maximum Gasteiger partial charge on any atom is 0.351 e. The van der Waals surface area contributed by atoms with Gasteiger partial charge in [-0.3, -0.25) is 4.98 Å². The second-order valence-electron chi connectivity index (χ2n) is 4.72. The number of esters is 1. The third-order valence-corrected chi connectivity index (χ3v) is 4.12. The smallest absolute Gasteiger partial charge is 0.351 e. The topological polar surface area (TPSA) is 52.1 Å². The van der Waals surface area contributed by atoms with Crippen molar-refractivity contribution in [2.75, 3.05) is 0 Å². The molecule has 5 heteroatoms. The Bertz CT molecular complexity index is 717. The summed E-state index contributed by atoms with van der Waals surface area (Å²) in [5.74, 6) is -0.375. The summed E-state index contributed by atoms with van der Waals surface area (Å²) in [5.41, 5.74) is 3.91. The minimum absolute atomic E-state index is 0.375. The van der Waals surface area contributed by atoms with Crippen molar-refractivity contribution in [1.82, 2.24) is 9.97 Å². The van der Waals surface area contributed by atoms with Crippen molar-refractivity contribution < 1.29 is 9.53 Å². The molecule has 0 bridgehead atoms. The van der Waals surface area contributed by atoms with E-state index in [-0.39, 0.29) is 5.97 Å². The maximum atomic E-state index is 12.4. The molecule has 0 saturated carbocycles. The molecular weight excluding hydrogens is 296 g/mol. The number of benzene rings is 1. The second kappa shape index (κ2) is 6.49. The normalized spacial score (nSPS) is 11.9. The average molecular weight is 310 g/mol. The van der Waals surface area contributed by atoms with Crippen LogP contribution in [0.25, 0.3) is 0 Å². The molecule has 0 aliphatic carbocycles. The number of aryl methyl sites for hydroxylation is 1. The molecule has 0 radical (unpaired) electrons. The molecule has 4 nitrogen and oxygen atoms in total. The molecule has 2 aromatic heterocycles. The number of ether oxygens (including phenoxy) is 1. The number of carbonyl (C=O) groups is 1. The standard InChI is InChI=1S/C17H14N2O2S/c1-12-16(22-11-19-12)17(20)21-15(13-7-3-2-4-8-13)14-9-5-6-10-18-14/h2-11,15H,1H3. The lowest BCUT2D eigenvalue weighted by Crippen LogP contribution is -2.14. The lowest BCUT2D eigenvalue weighted by atomic mass is 10.1. The Morgan fingerprint density at radius 1 is 1.09 bits per heavy atom. The summed E-state index contributed by atoms with van der Waals surface area (Å²) in [6.45, 7) is 1.80. The lowest BCUT2D eigenvalue weighted by molar-refractivity contribution is 0.0375. The second-order valence-corrected chi connectivity index (χ2v) is 5.57. The highest BCUT2D eigenvalue weighted by molar-refractivity contribution is 7.11. The van der Waals surface area contributed by atoms with Crippen LogP contribution in [0.2, 0.25) is 0 Å². The van der Waals surface area contributed by atoms with E-state index in [0.717, 1.165) is 5.56 Å². The van der Waals surface area contributed by atoms with Crippen molar-refractivity contribution >= 4 is 17.3 Å². The Morgan fingerprint density at radius 3 is 2.50 bits per heavy atom. The molecule has 0 amide bonds. The van der Waals surface area contributed by atoms with Crippen LogP contribution in [0.4, 0.5) is 0 Å². The molecule has 1 unspecified atom stereocenters. The van der Waals surface area contributed by atoms with E-state index in [1.807, 2.05) is 48.5 Å². The van der Waals surface area contributed by atoms with Crippen LogP contribution in [0.5, 0.6) is 0 Å². The molecule has 0 fully saturated rings. The van der Waals surface area contributed by atoms with E-state index in [1.165, 1.54) is 11.3 Å². The summed E-state index contributed by atoms with van der Waals surface area (Å²) in [6.07, 6.45) is 1.16. The zero-order valence-corrected chi connectivity index (χ0v) is 12.8. The van der Waals surface area contributed by atoms with Crippen LogP contribution < -0.4 is 0 Å². The van der Waals surface area contributed by atoms with E-state index in [4.69, 9.17) is 4.74 Å². The van der Waals surface area contributed by atoms with Gasteiger partial charge in [0.05, 0.1) is 16.9 Å². The monoisotopic (exact) mass is 310 g/mol. The van der Waals surface area contributed by atoms with Crippen LogP contribution in [0, 0.1) is 6.92 Å². The van der Waals surface area contributed by atoms with Gasteiger partial charge in [-0.25, -0.2) is 9.78 Å². The third kappa shape index (κ3) is 3.04. The van der Waals surface area contributed by atoms with Gasteiger partial charge in [0.25, 0.3) is 0 Å². The molecular formula is C17H14N2O2S. The number of aromatic nitrogens is 2. The molecule has 0 saturated heterocycles. The van der Waals surface area contributed by atoms with Crippen LogP contribution in [0.1, 0.15) is 32.7 Å². The summed E-state index contributed by atoms with van der Waals surface area (Å²) in [6, 6.07) is 15.2. The first-order chi connectivity index (χ1) is 10.8. The van der Waals surface area contributed by atoms with Crippen LogP contribution in [0.3, 0.4) is 0 Å². The molecule has 0 spiro atoms. The Balaban J connectivity index is 1.93. The summed E-state index contributed by atoms with van der Waals surface area (Å²) in [4.78, 5) is 21.3. The number of thiazole rings is 1. The number of hydrogen-bond acceptors (Lipinski definition) is 5. The number of pyridine rings is 1. The van der Waals surface area contributed by atoms with Crippen LogP contribution >= 0.6 is 11.3 Å². The summed E-state index contributed by atoms with van der Waals surface area (Å²) in [5, 5.41) is 0. The van der Waals surface area contributed by atoms with Gasteiger partial charge in [0.15, 0.2) is 6.10 Å². The zero-order valence-electron chi connectivity index (χ0n) is 12.0. The van der Waals surface area contributed by atoms with Gasteiger partial charge < -0.3 is 4.74 Å². The van der Waals surface area contributed by atoms with Gasteiger partial charge in [0, 0.05) is 6.20 Å². The van der Waals surface area contributed by atoms with E-state index in [2.05, 4.69) is 9.97 Å². The summed E-state index contributed by atoms with van der Waals surface area (Å²) in [7, 11) is 0. The molecule has 1 atom stereocenters. The molecule has 0 aliphatic rings. The van der Waals surface area contributed by atoms with Gasteiger partial charge in [0.1, 0.15) is 4.88 Å². The van der Waals surface area contributed by atoms with Crippen molar-refractivity contribution in [1.29, 1.82) is 0 Å². The highest BCUT2D eigenvalue weighted by atomic mass is 32.1. The van der Waals surface area contributed by atoms with Crippen LogP contribution in [-0.2, 0) is 4.74 Å². The maximum absolute atomic E-state index is 12.4. The van der Waals surface area contributed by atoms with E-state index < -0.39 is 6.10 Å². The fourth-order valence-electron chi connectivity index (χ4n) is 2.12. The Hall–Kier alpha value is -2.53. The van der Waals surface area contributed by atoms with Crippen LogP contribution in [-0.4, -0.2) is 15.9 Å². The van der Waals surface area contributed by atoms with E-state index >= 15 is 0 Å². The highest BCUT2D eigenvalue weighted by Crippen LogP contribution is 2.26. The number of rotatable bonds is 4. The Morgan fingerprint density at radius 2 is 1.86 bits per heavy atom. The molecule has 22 heavy (non-hydrogen) atoms. The van der Waals surface area contributed by atoms with Gasteiger partial charge in [-0.05, 0) is 24.6 Å². The Labute approximate surface area is 132 Å². The van der Waals surface area contributed by atoms with Gasteiger partial charge in [-0.15, -0.1) is 11.3 Å². The molecule has 3 rings (SSSR count). The van der Waals surface area contributed by atoms with Crippen molar-refractivity contribution in [2.24, 2.45) is 0 Å². The molecule has 2 heterocycles. The molecule has 0 N–H and O–H groups in total. The van der Waals surface area contributed by atoms with Gasteiger partial charge in [0.2, 0.25) is 0 Å². The molecule has 1 aromatic carbocycles. The quantitative estimate of drug-likeness (QED) is 0.688. The number of nitrogens with zero attached hydrogens (tertiary/aromatic N) is 2. The van der Waals surface area contributed by atoms with Gasteiger partial charge >= 0.3 is 5.97 Å². The van der Waals surface area contributed by atoms with Crippen molar-refractivity contribution in [3.8, 4) is 0 Å². The summed E-state index contributed by atoms with van der Waals surface area (Å²) < 4.78 is 5.72. The van der Waals surface area contributed by atoms with Crippen molar-refractivity contribution in [3.63, 3.8) is 0 Å². The summed E-state index contributed by atoms with van der Waals surface area (Å²) >= 11 is 1.28. The predicted octanol–water partition coefficient (Wildman–Crippen LogP) is 3.79. The minimum atomic E-state index is -0.531. The average Bonchev–Trinajstić information content (AvgIpc) is 3.00.